The molecule has 0 aromatic rings. The molecule has 0 fully saturated rings. The first-order valence-corrected chi connectivity index (χ1v) is 4.51. The smallest absolute Gasteiger partial charge is 0.324 e. The zero-order valence-corrected chi connectivity index (χ0v) is 8.43. The predicted molar refractivity (Wildman–Crippen MR) is 52.1 cm³/mol. The van der Waals surface area contributed by atoms with Crippen molar-refractivity contribution in [2.45, 2.75) is 31.7 Å². The van der Waals surface area contributed by atoms with Gasteiger partial charge in [0.1, 0.15) is 6.04 Å². The third kappa shape index (κ3) is 5.51. The third-order valence-corrected chi connectivity index (χ3v) is 1.94. The van der Waals surface area contributed by atoms with Gasteiger partial charge in [0.2, 0.25) is 0 Å². The molecule has 4 heteroatoms. The topological polar surface area (TPSA) is 38.3 Å². The fourth-order valence-electron chi connectivity index (χ4n) is 0.935. The standard InChI is InChI=1S/C9H14ClNO2/c1-3-4-5-6-7-8(11-10)9(12)13-2/h1,8,11H,4-7H2,2H3. The summed E-state index contributed by atoms with van der Waals surface area (Å²) in [5, 5.41) is 0. The molecule has 1 unspecified atom stereocenters. The minimum atomic E-state index is -0.426. The van der Waals surface area contributed by atoms with Gasteiger partial charge in [-0.3, -0.25) is 4.79 Å². The number of terminal acetylenes is 1. The van der Waals surface area contributed by atoms with E-state index in [2.05, 4.69) is 15.5 Å². The van der Waals surface area contributed by atoms with Gasteiger partial charge < -0.3 is 4.74 Å². The Morgan fingerprint density at radius 3 is 2.85 bits per heavy atom. The van der Waals surface area contributed by atoms with Gasteiger partial charge in [0.05, 0.1) is 7.11 Å². The van der Waals surface area contributed by atoms with E-state index in [-0.39, 0.29) is 5.97 Å². The van der Waals surface area contributed by atoms with E-state index in [1.54, 1.807) is 0 Å². The Morgan fingerprint density at radius 1 is 1.69 bits per heavy atom. The lowest BCUT2D eigenvalue weighted by molar-refractivity contribution is -0.142. The van der Waals surface area contributed by atoms with E-state index in [0.29, 0.717) is 6.42 Å². The molecule has 0 aromatic heterocycles. The van der Waals surface area contributed by atoms with Gasteiger partial charge in [0, 0.05) is 6.42 Å². The van der Waals surface area contributed by atoms with E-state index in [1.807, 2.05) is 0 Å². The summed E-state index contributed by atoms with van der Waals surface area (Å²) in [6.45, 7) is 0. The van der Waals surface area contributed by atoms with Crippen molar-refractivity contribution in [1.29, 1.82) is 0 Å². The van der Waals surface area contributed by atoms with Crippen LogP contribution in [0.15, 0.2) is 0 Å². The number of halogens is 1. The summed E-state index contributed by atoms with van der Waals surface area (Å²) in [5.74, 6) is 2.20. The van der Waals surface area contributed by atoms with E-state index in [0.717, 1.165) is 19.3 Å². The number of ether oxygens (including phenoxy) is 1. The van der Waals surface area contributed by atoms with Crippen LogP contribution in [-0.2, 0) is 9.53 Å². The maximum atomic E-state index is 11.0. The Labute approximate surface area is 83.9 Å². The second-order valence-corrected chi connectivity index (χ2v) is 2.85. The molecule has 0 aliphatic heterocycles. The zero-order valence-electron chi connectivity index (χ0n) is 7.68. The molecule has 3 nitrogen and oxygen atoms in total. The maximum absolute atomic E-state index is 11.0. The van der Waals surface area contributed by atoms with Gasteiger partial charge in [-0.2, -0.15) is 0 Å². The molecule has 0 saturated heterocycles. The van der Waals surface area contributed by atoms with Crippen LogP contribution in [0, 0.1) is 12.3 Å². The largest absolute Gasteiger partial charge is 0.468 e. The average molecular weight is 204 g/mol. The van der Waals surface area contributed by atoms with E-state index in [4.69, 9.17) is 18.2 Å². The molecule has 0 aliphatic rings. The van der Waals surface area contributed by atoms with Crippen molar-refractivity contribution in [3.63, 3.8) is 0 Å². The highest BCUT2D eigenvalue weighted by molar-refractivity contribution is 6.14. The van der Waals surface area contributed by atoms with Crippen molar-refractivity contribution in [2.75, 3.05) is 7.11 Å². The summed E-state index contributed by atoms with van der Waals surface area (Å²) in [6.07, 6.45) is 8.23. The summed E-state index contributed by atoms with van der Waals surface area (Å²) < 4.78 is 4.53. The number of carbonyl (C=O) groups excluding carboxylic acids is 1. The monoisotopic (exact) mass is 203 g/mol. The third-order valence-electron chi connectivity index (χ3n) is 1.68. The number of unbranched alkanes of at least 4 members (excludes halogenated alkanes) is 2. The first-order chi connectivity index (χ1) is 6.26. The van der Waals surface area contributed by atoms with E-state index < -0.39 is 6.04 Å². The van der Waals surface area contributed by atoms with Gasteiger partial charge in [0.25, 0.3) is 0 Å². The molecule has 1 N–H and O–H groups in total. The Bertz CT molecular complexity index is 189. The van der Waals surface area contributed by atoms with E-state index >= 15 is 0 Å². The maximum Gasteiger partial charge on any atom is 0.324 e. The summed E-state index contributed by atoms with van der Waals surface area (Å²) in [5.41, 5.74) is 0. The van der Waals surface area contributed by atoms with Crippen LogP contribution in [0.1, 0.15) is 25.7 Å². The van der Waals surface area contributed by atoms with Crippen LogP contribution in [-0.4, -0.2) is 19.1 Å². The zero-order chi connectivity index (χ0) is 10.1. The molecule has 0 amide bonds. The van der Waals surface area contributed by atoms with Gasteiger partial charge in [-0.1, -0.05) is 6.42 Å². The second kappa shape index (κ2) is 7.90. The normalized spacial score (nSPS) is 11.8. The second-order valence-electron chi connectivity index (χ2n) is 2.63. The van der Waals surface area contributed by atoms with Crippen LogP contribution < -0.4 is 4.84 Å². The molecule has 1 atom stereocenters. The van der Waals surface area contributed by atoms with Crippen LogP contribution in [0.2, 0.25) is 0 Å². The lowest BCUT2D eigenvalue weighted by Gasteiger charge is -2.10. The minimum absolute atomic E-state index is 0.337. The minimum Gasteiger partial charge on any atom is -0.468 e. The van der Waals surface area contributed by atoms with E-state index in [1.165, 1.54) is 7.11 Å². The van der Waals surface area contributed by atoms with Crippen LogP contribution in [0.5, 0.6) is 0 Å². The molecule has 0 heterocycles. The molecule has 74 valence electrons. The highest BCUT2D eigenvalue weighted by Crippen LogP contribution is 2.05. The van der Waals surface area contributed by atoms with Crippen molar-refractivity contribution < 1.29 is 9.53 Å². The number of methoxy groups -OCH3 is 1. The van der Waals surface area contributed by atoms with Gasteiger partial charge >= 0.3 is 5.97 Å². The summed E-state index contributed by atoms with van der Waals surface area (Å²) >= 11 is 5.36. The molecule has 0 aromatic carbocycles. The first kappa shape index (κ1) is 12.3. The Balaban J connectivity index is 3.61. The quantitative estimate of drug-likeness (QED) is 0.308. The Kier molecular flexibility index (Phi) is 7.47. The molecule has 0 bridgehead atoms. The summed E-state index contributed by atoms with van der Waals surface area (Å²) in [4.78, 5) is 13.4. The van der Waals surface area contributed by atoms with Gasteiger partial charge in [0.15, 0.2) is 0 Å². The Morgan fingerprint density at radius 2 is 2.38 bits per heavy atom. The average Bonchev–Trinajstić information content (AvgIpc) is 2.17. The van der Waals surface area contributed by atoms with Crippen LogP contribution in [0.3, 0.4) is 0 Å². The van der Waals surface area contributed by atoms with E-state index in [9.17, 15) is 4.79 Å². The fraction of sp³-hybridized carbons (Fsp3) is 0.667. The molecular formula is C9H14ClNO2. The lowest BCUT2D eigenvalue weighted by Crippen LogP contribution is -2.31. The van der Waals surface area contributed by atoms with Crippen LogP contribution >= 0.6 is 11.8 Å². The summed E-state index contributed by atoms with van der Waals surface area (Å²) in [6, 6.07) is -0.426. The van der Waals surface area contributed by atoms with Crippen molar-refractivity contribution in [3.8, 4) is 12.3 Å². The van der Waals surface area contributed by atoms with Crippen molar-refractivity contribution in [1.82, 2.24) is 4.84 Å². The van der Waals surface area contributed by atoms with Crippen molar-refractivity contribution >= 4 is 17.7 Å². The number of hydrogen-bond donors (Lipinski definition) is 1. The number of esters is 1. The first-order valence-electron chi connectivity index (χ1n) is 4.13. The van der Waals surface area contributed by atoms with Gasteiger partial charge in [-0.05, 0) is 24.6 Å². The van der Waals surface area contributed by atoms with Crippen LogP contribution in [0.25, 0.3) is 0 Å². The molecule has 0 rings (SSSR count). The van der Waals surface area contributed by atoms with Crippen LogP contribution in [0.4, 0.5) is 0 Å². The van der Waals surface area contributed by atoms with Crippen molar-refractivity contribution in [2.24, 2.45) is 0 Å². The molecule has 13 heavy (non-hydrogen) atoms. The number of nitrogens with one attached hydrogen (secondary N) is 1. The molecule has 0 saturated carbocycles. The fourth-order valence-corrected chi connectivity index (χ4v) is 1.13. The predicted octanol–water partition coefficient (Wildman–Crippen LogP) is 1.46. The number of hydrogen-bond acceptors (Lipinski definition) is 3. The molecule has 0 radical (unpaired) electrons. The highest BCUT2D eigenvalue weighted by atomic mass is 35.5. The molecule has 0 aliphatic carbocycles. The van der Waals surface area contributed by atoms with Gasteiger partial charge in [-0.25, -0.2) is 4.84 Å². The summed E-state index contributed by atoms with van der Waals surface area (Å²) in [7, 11) is 1.34. The molecule has 0 spiro atoms. The lowest BCUT2D eigenvalue weighted by atomic mass is 10.1. The van der Waals surface area contributed by atoms with Gasteiger partial charge in [-0.15, -0.1) is 12.3 Å². The van der Waals surface area contributed by atoms with Crippen molar-refractivity contribution in [3.05, 3.63) is 0 Å². The number of rotatable bonds is 6. The highest BCUT2D eigenvalue weighted by Gasteiger charge is 2.16. The molecular weight excluding hydrogens is 190 g/mol. The number of carbonyl (C=O) groups is 1. The Hall–Kier alpha value is -0.720. The SMILES string of the molecule is C#CCCCCC(NCl)C(=O)OC.